The number of nitrogens with one attached hydrogen (secondary N) is 1. The lowest BCUT2D eigenvalue weighted by Crippen LogP contribution is -2.40. The van der Waals surface area contributed by atoms with Crippen LogP contribution in [0.4, 0.5) is 5.69 Å². The molecule has 0 unspecified atom stereocenters. The lowest BCUT2D eigenvalue weighted by atomic mass is 10.0. The lowest BCUT2D eigenvalue weighted by Gasteiger charge is -2.21. The van der Waals surface area contributed by atoms with Gasteiger partial charge in [-0.3, -0.25) is 9.59 Å². The Kier molecular flexibility index (Phi) is 5.72. The predicted molar refractivity (Wildman–Crippen MR) is 108 cm³/mol. The van der Waals surface area contributed by atoms with Gasteiger partial charge in [-0.2, -0.15) is 0 Å². The minimum absolute atomic E-state index is 0.0863. The van der Waals surface area contributed by atoms with Gasteiger partial charge in [0.15, 0.2) is 0 Å². The van der Waals surface area contributed by atoms with Crippen LogP contribution in [0.15, 0.2) is 54.6 Å². The van der Waals surface area contributed by atoms with Crippen LogP contribution in [0.5, 0.6) is 0 Å². The number of carbonyl (C=O) groups excluding carboxylic acids is 2. The van der Waals surface area contributed by atoms with E-state index in [9.17, 15) is 9.59 Å². The molecule has 2 aliphatic heterocycles. The molecular weight excluding hydrogens is 352 g/mol. The minimum atomic E-state index is -0.605. The summed E-state index contributed by atoms with van der Waals surface area (Å²) >= 11 is 0. The Balaban J connectivity index is 1.44. The number of amides is 2. The van der Waals surface area contributed by atoms with E-state index in [1.165, 1.54) is 5.56 Å². The lowest BCUT2D eigenvalue weighted by molar-refractivity contribution is -0.132. The van der Waals surface area contributed by atoms with Crippen molar-refractivity contribution in [1.82, 2.24) is 5.32 Å². The van der Waals surface area contributed by atoms with Gasteiger partial charge in [-0.05, 0) is 42.9 Å². The van der Waals surface area contributed by atoms with E-state index >= 15 is 0 Å². The number of hydrogen-bond donors (Lipinski definition) is 1. The summed E-state index contributed by atoms with van der Waals surface area (Å²) in [5.41, 5.74) is 3.21. The summed E-state index contributed by atoms with van der Waals surface area (Å²) in [5.74, 6) is -0.889. The summed E-state index contributed by atoms with van der Waals surface area (Å²) < 4.78 is 5.55. The van der Waals surface area contributed by atoms with E-state index in [0.717, 1.165) is 37.1 Å². The maximum atomic E-state index is 13.0. The van der Waals surface area contributed by atoms with Gasteiger partial charge in [-0.1, -0.05) is 48.5 Å². The van der Waals surface area contributed by atoms with Crippen LogP contribution < -0.4 is 10.2 Å². The monoisotopic (exact) mass is 378 g/mol. The smallest absolute Gasteiger partial charge is 0.239 e. The first-order valence-electron chi connectivity index (χ1n) is 10.0. The summed E-state index contributed by atoms with van der Waals surface area (Å²) in [6, 6.07) is 18.2. The van der Waals surface area contributed by atoms with Crippen LogP contribution in [-0.2, 0) is 20.7 Å². The second-order valence-corrected chi connectivity index (χ2v) is 7.50. The predicted octanol–water partition coefficient (Wildman–Crippen LogP) is 2.93. The van der Waals surface area contributed by atoms with Gasteiger partial charge in [-0.25, -0.2) is 0 Å². The number of hydrogen-bond acceptors (Lipinski definition) is 3. The standard InChI is InChI=1S/C23H26N2O3/c26-22(24-16-19-10-6-14-28-19)20-12-13-25(23(20)27)21-11-5-4-9-18(21)15-17-7-2-1-3-8-17/h1-5,7-9,11,19-20H,6,10,12-16H2,(H,24,26)/t19-,20-/m1/s1. The molecule has 0 radical (unpaired) electrons. The summed E-state index contributed by atoms with van der Waals surface area (Å²) in [4.78, 5) is 27.3. The third kappa shape index (κ3) is 4.09. The molecule has 2 aromatic carbocycles. The van der Waals surface area contributed by atoms with Crippen molar-refractivity contribution in [3.8, 4) is 0 Å². The van der Waals surface area contributed by atoms with Crippen molar-refractivity contribution in [3.05, 3.63) is 65.7 Å². The molecular formula is C23H26N2O3. The number of benzene rings is 2. The van der Waals surface area contributed by atoms with Crippen LogP contribution in [0, 0.1) is 5.92 Å². The molecule has 1 N–H and O–H groups in total. The van der Waals surface area contributed by atoms with Gasteiger partial charge in [0.25, 0.3) is 0 Å². The van der Waals surface area contributed by atoms with E-state index in [0.29, 0.717) is 19.5 Å². The van der Waals surface area contributed by atoms with E-state index in [2.05, 4.69) is 23.5 Å². The van der Waals surface area contributed by atoms with Gasteiger partial charge in [0.2, 0.25) is 11.8 Å². The maximum Gasteiger partial charge on any atom is 0.239 e. The van der Waals surface area contributed by atoms with Crippen molar-refractivity contribution in [2.24, 2.45) is 5.92 Å². The fraction of sp³-hybridized carbons (Fsp3) is 0.391. The SMILES string of the molecule is O=C(NC[C@H]1CCCO1)[C@H]1CCN(c2ccccc2Cc2ccccc2)C1=O. The van der Waals surface area contributed by atoms with Gasteiger partial charge in [0, 0.05) is 25.4 Å². The van der Waals surface area contributed by atoms with Crippen molar-refractivity contribution < 1.29 is 14.3 Å². The Hall–Kier alpha value is -2.66. The molecule has 0 spiro atoms. The molecule has 5 heteroatoms. The summed E-state index contributed by atoms with van der Waals surface area (Å²) in [7, 11) is 0. The van der Waals surface area contributed by atoms with E-state index < -0.39 is 5.92 Å². The fourth-order valence-corrected chi connectivity index (χ4v) is 4.04. The van der Waals surface area contributed by atoms with Crippen LogP contribution in [0.25, 0.3) is 0 Å². The molecule has 5 nitrogen and oxygen atoms in total. The molecule has 2 atom stereocenters. The molecule has 2 fully saturated rings. The third-order valence-electron chi connectivity index (χ3n) is 5.57. The van der Waals surface area contributed by atoms with Gasteiger partial charge < -0.3 is 15.0 Å². The van der Waals surface area contributed by atoms with Gasteiger partial charge in [-0.15, -0.1) is 0 Å². The molecule has 2 aliphatic rings. The highest BCUT2D eigenvalue weighted by atomic mass is 16.5. The van der Waals surface area contributed by atoms with E-state index in [4.69, 9.17) is 4.74 Å². The van der Waals surface area contributed by atoms with Crippen LogP contribution in [0.3, 0.4) is 0 Å². The Morgan fingerprint density at radius 2 is 1.86 bits per heavy atom. The van der Waals surface area contributed by atoms with E-state index in [1.807, 2.05) is 36.4 Å². The first kappa shape index (κ1) is 18.7. The topological polar surface area (TPSA) is 58.6 Å². The van der Waals surface area contributed by atoms with E-state index in [-0.39, 0.29) is 17.9 Å². The van der Waals surface area contributed by atoms with Crippen molar-refractivity contribution in [2.45, 2.75) is 31.8 Å². The van der Waals surface area contributed by atoms with Crippen molar-refractivity contribution in [1.29, 1.82) is 0 Å². The number of para-hydroxylation sites is 1. The third-order valence-corrected chi connectivity index (χ3v) is 5.57. The highest BCUT2D eigenvalue weighted by molar-refractivity contribution is 6.09. The zero-order valence-corrected chi connectivity index (χ0v) is 16.0. The second-order valence-electron chi connectivity index (χ2n) is 7.50. The Morgan fingerprint density at radius 3 is 2.64 bits per heavy atom. The number of rotatable bonds is 6. The molecule has 0 saturated carbocycles. The molecule has 146 valence electrons. The second kappa shape index (κ2) is 8.57. The van der Waals surface area contributed by atoms with Crippen molar-refractivity contribution in [3.63, 3.8) is 0 Å². The molecule has 2 aromatic rings. The number of nitrogens with zero attached hydrogens (tertiary/aromatic N) is 1. The molecule has 0 aromatic heterocycles. The summed E-state index contributed by atoms with van der Waals surface area (Å²) in [6.07, 6.45) is 3.40. The Bertz CT molecular complexity index is 831. The Labute approximate surface area is 165 Å². The molecule has 28 heavy (non-hydrogen) atoms. The van der Waals surface area contributed by atoms with E-state index in [1.54, 1.807) is 4.90 Å². The number of carbonyl (C=O) groups is 2. The summed E-state index contributed by atoms with van der Waals surface area (Å²) in [6.45, 7) is 1.82. The average Bonchev–Trinajstić information content (AvgIpc) is 3.37. The zero-order valence-electron chi connectivity index (χ0n) is 16.0. The zero-order chi connectivity index (χ0) is 19.3. The van der Waals surface area contributed by atoms with Crippen molar-refractivity contribution in [2.75, 3.05) is 24.6 Å². The quantitative estimate of drug-likeness (QED) is 0.787. The number of anilines is 1. The van der Waals surface area contributed by atoms with Gasteiger partial charge in [0.05, 0.1) is 6.10 Å². The van der Waals surface area contributed by atoms with Crippen LogP contribution in [0.1, 0.15) is 30.4 Å². The largest absolute Gasteiger partial charge is 0.376 e. The maximum absolute atomic E-state index is 13.0. The summed E-state index contributed by atoms with van der Waals surface area (Å²) in [5, 5.41) is 2.91. The highest BCUT2D eigenvalue weighted by Gasteiger charge is 2.38. The molecule has 2 heterocycles. The molecule has 2 amide bonds. The average molecular weight is 378 g/mol. The molecule has 0 aliphatic carbocycles. The van der Waals surface area contributed by atoms with Gasteiger partial charge in [0.1, 0.15) is 5.92 Å². The van der Waals surface area contributed by atoms with Crippen LogP contribution in [0.2, 0.25) is 0 Å². The molecule has 0 bridgehead atoms. The van der Waals surface area contributed by atoms with Gasteiger partial charge >= 0.3 is 0 Å². The molecule has 2 saturated heterocycles. The highest BCUT2D eigenvalue weighted by Crippen LogP contribution is 2.30. The Morgan fingerprint density at radius 1 is 1.07 bits per heavy atom. The molecule has 4 rings (SSSR count). The van der Waals surface area contributed by atoms with Crippen LogP contribution >= 0.6 is 0 Å². The minimum Gasteiger partial charge on any atom is -0.376 e. The first-order chi connectivity index (χ1) is 13.7. The van der Waals surface area contributed by atoms with Crippen LogP contribution in [-0.4, -0.2) is 37.6 Å². The normalized spacial score (nSPS) is 21.9. The number of ether oxygens (including phenoxy) is 1. The van der Waals surface area contributed by atoms with Crippen molar-refractivity contribution >= 4 is 17.5 Å². The fourth-order valence-electron chi connectivity index (χ4n) is 4.04. The first-order valence-corrected chi connectivity index (χ1v) is 10.0.